The Bertz CT molecular complexity index is 638. The number of nitrogens with two attached hydrogens (primary N) is 1. The minimum Gasteiger partial charge on any atom is -0.463 e. The minimum atomic E-state index is -3.74. The molecule has 7 nitrogen and oxygen atoms in total. The summed E-state index contributed by atoms with van der Waals surface area (Å²) in [6.45, 7) is 2.49. The first-order valence-electron chi connectivity index (χ1n) is 7.38. The minimum absolute atomic E-state index is 0.0377. The molecule has 0 spiro atoms. The van der Waals surface area contributed by atoms with Crippen molar-refractivity contribution in [3.8, 4) is 0 Å². The van der Waals surface area contributed by atoms with Gasteiger partial charge in [0.1, 0.15) is 10.7 Å². The lowest BCUT2D eigenvalue weighted by molar-refractivity contribution is 0.0563. The van der Waals surface area contributed by atoms with E-state index < -0.39 is 16.0 Å². The number of aryl methyl sites for hydroxylation is 1. The van der Waals surface area contributed by atoms with Crippen LogP contribution in [0.15, 0.2) is 15.4 Å². The molecule has 0 radical (unpaired) electrons. The molecule has 1 unspecified atom stereocenters. The van der Waals surface area contributed by atoms with Gasteiger partial charge in [0.25, 0.3) is 0 Å². The lowest BCUT2D eigenvalue weighted by atomic mass is 10.1. The van der Waals surface area contributed by atoms with Crippen molar-refractivity contribution < 1.29 is 22.4 Å². The van der Waals surface area contributed by atoms with Gasteiger partial charge in [-0.05, 0) is 12.8 Å². The number of piperidine rings is 1. The van der Waals surface area contributed by atoms with E-state index in [4.69, 9.17) is 10.2 Å². The first kappa shape index (κ1) is 17.0. The molecule has 124 valence electrons. The smallest absolute Gasteiger partial charge is 0.373 e. The van der Waals surface area contributed by atoms with Crippen LogP contribution in [-0.4, -0.2) is 44.9 Å². The summed E-state index contributed by atoms with van der Waals surface area (Å²) in [5.41, 5.74) is 5.71. The molecule has 1 aliphatic heterocycles. The first-order valence-corrected chi connectivity index (χ1v) is 8.82. The quantitative estimate of drug-likeness (QED) is 0.812. The van der Waals surface area contributed by atoms with Crippen molar-refractivity contribution in [3.05, 3.63) is 17.6 Å². The molecule has 1 aromatic heterocycles. The van der Waals surface area contributed by atoms with E-state index in [-0.39, 0.29) is 29.0 Å². The normalized spacial score (nSPS) is 20.0. The summed E-state index contributed by atoms with van der Waals surface area (Å²) in [5.74, 6) is -0.522. The average Bonchev–Trinajstić information content (AvgIpc) is 2.99. The fourth-order valence-electron chi connectivity index (χ4n) is 2.73. The van der Waals surface area contributed by atoms with E-state index in [1.807, 2.05) is 0 Å². The van der Waals surface area contributed by atoms with Crippen LogP contribution in [0.1, 0.15) is 42.5 Å². The highest BCUT2D eigenvalue weighted by molar-refractivity contribution is 7.89. The average molecular weight is 330 g/mol. The standard InChI is InChI=1S/C14H22N2O5S/c1-3-11-13(8-12(21-11)14(17)20-2)22(18,19)16-7-5-4-6-10(16)9-15/h8,10H,3-7,9,15H2,1-2H3. The molecule has 22 heavy (non-hydrogen) atoms. The second kappa shape index (κ2) is 6.80. The molecule has 0 saturated carbocycles. The maximum Gasteiger partial charge on any atom is 0.373 e. The van der Waals surface area contributed by atoms with Crippen molar-refractivity contribution in [2.24, 2.45) is 5.73 Å². The van der Waals surface area contributed by atoms with E-state index in [1.54, 1.807) is 6.92 Å². The molecule has 1 saturated heterocycles. The predicted molar refractivity (Wildman–Crippen MR) is 80.0 cm³/mol. The van der Waals surface area contributed by atoms with E-state index in [0.717, 1.165) is 19.3 Å². The first-order chi connectivity index (χ1) is 10.5. The number of sulfonamides is 1. The largest absolute Gasteiger partial charge is 0.463 e. The van der Waals surface area contributed by atoms with Crippen LogP contribution in [0.25, 0.3) is 0 Å². The van der Waals surface area contributed by atoms with Crippen LogP contribution in [-0.2, 0) is 21.2 Å². The molecular formula is C14H22N2O5S. The van der Waals surface area contributed by atoms with Crippen LogP contribution in [0.4, 0.5) is 0 Å². The summed E-state index contributed by atoms with van der Waals surface area (Å²) in [6, 6.07) is 1.04. The van der Waals surface area contributed by atoms with Crippen LogP contribution in [0.5, 0.6) is 0 Å². The fraction of sp³-hybridized carbons (Fsp3) is 0.643. The lowest BCUT2D eigenvalue weighted by Crippen LogP contribution is -2.47. The monoisotopic (exact) mass is 330 g/mol. The topological polar surface area (TPSA) is 103 Å². The number of hydrogen-bond acceptors (Lipinski definition) is 6. The van der Waals surface area contributed by atoms with Crippen molar-refractivity contribution in [3.63, 3.8) is 0 Å². The van der Waals surface area contributed by atoms with Gasteiger partial charge in [0.15, 0.2) is 0 Å². The molecule has 2 heterocycles. The number of carbonyl (C=O) groups excluding carboxylic acids is 1. The molecule has 2 rings (SSSR count). The van der Waals surface area contributed by atoms with Gasteiger partial charge in [0.2, 0.25) is 15.8 Å². The second-order valence-corrected chi connectivity index (χ2v) is 7.10. The number of esters is 1. The molecule has 1 aromatic rings. The van der Waals surface area contributed by atoms with Crippen molar-refractivity contribution in [1.82, 2.24) is 4.31 Å². The van der Waals surface area contributed by atoms with E-state index in [1.165, 1.54) is 17.5 Å². The molecule has 0 bridgehead atoms. The molecule has 1 fully saturated rings. The molecule has 8 heteroatoms. The molecule has 0 amide bonds. The Morgan fingerprint density at radius 1 is 1.50 bits per heavy atom. The summed E-state index contributed by atoms with van der Waals surface area (Å²) in [5, 5.41) is 0. The van der Waals surface area contributed by atoms with Crippen LogP contribution >= 0.6 is 0 Å². The van der Waals surface area contributed by atoms with Crippen molar-refractivity contribution in [2.75, 3.05) is 20.2 Å². The van der Waals surface area contributed by atoms with Crippen LogP contribution in [0.3, 0.4) is 0 Å². The van der Waals surface area contributed by atoms with E-state index in [2.05, 4.69) is 4.74 Å². The van der Waals surface area contributed by atoms with Gasteiger partial charge < -0.3 is 14.9 Å². The van der Waals surface area contributed by atoms with Gasteiger partial charge in [0, 0.05) is 31.6 Å². The predicted octanol–water partition coefficient (Wildman–Crippen LogP) is 1.13. The van der Waals surface area contributed by atoms with Gasteiger partial charge >= 0.3 is 5.97 Å². The Hall–Kier alpha value is -1.38. The highest BCUT2D eigenvalue weighted by Gasteiger charge is 2.36. The highest BCUT2D eigenvalue weighted by atomic mass is 32.2. The van der Waals surface area contributed by atoms with Crippen LogP contribution in [0, 0.1) is 0 Å². The van der Waals surface area contributed by atoms with E-state index >= 15 is 0 Å². The zero-order valence-corrected chi connectivity index (χ0v) is 13.7. The number of methoxy groups -OCH3 is 1. The van der Waals surface area contributed by atoms with E-state index in [0.29, 0.717) is 13.0 Å². The lowest BCUT2D eigenvalue weighted by Gasteiger charge is -2.33. The third-order valence-corrected chi connectivity index (χ3v) is 5.91. The zero-order chi connectivity index (χ0) is 16.3. The molecule has 1 atom stereocenters. The molecular weight excluding hydrogens is 308 g/mol. The van der Waals surface area contributed by atoms with E-state index in [9.17, 15) is 13.2 Å². The van der Waals surface area contributed by atoms with Crippen LogP contribution in [0.2, 0.25) is 0 Å². The molecule has 0 aliphatic carbocycles. The van der Waals surface area contributed by atoms with Crippen LogP contribution < -0.4 is 5.73 Å². The Morgan fingerprint density at radius 2 is 2.23 bits per heavy atom. The second-order valence-electron chi connectivity index (χ2n) is 5.24. The van der Waals surface area contributed by atoms with Gasteiger partial charge in [-0.25, -0.2) is 13.2 Å². The summed E-state index contributed by atoms with van der Waals surface area (Å²) >= 11 is 0. The zero-order valence-electron chi connectivity index (χ0n) is 12.9. The number of furan rings is 1. The SMILES string of the molecule is CCc1oc(C(=O)OC)cc1S(=O)(=O)N1CCCCC1CN. The highest BCUT2D eigenvalue weighted by Crippen LogP contribution is 2.29. The Labute approximate surface area is 130 Å². The summed E-state index contributed by atoms with van der Waals surface area (Å²) in [7, 11) is -2.51. The van der Waals surface area contributed by atoms with Crippen molar-refractivity contribution in [1.29, 1.82) is 0 Å². The van der Waals surface area contributed by atoms with Gasteiger partial charge in [0.05, 0.1) is 7.11 Å². The number of carbonyl (C=O) groups is 1. The maximum atomic E-state index is 12.9. The Balaban J connectivity index is 2.44. The van der Waals surface area contributed by atoms with Gasteiger partial charge in [-0.2, -0.15) is 4.31 Å². The summed E-state index contributed by atoms with van der Waals surface area (Å²) < 4.78 is 37.2. The van der Waals surface area contributed by atoms with Gasteiger partial charge in [-0.3, -0.25) is 0 Å². The van der Waals surface area contributed by atoms with Crippen molar-refractivity contribution in [2.45, 2.75) is 43.5 Å². The Morgan fingerprint density at radius 3 is 2.82 bits per heavy atom. The number of ether oxygens (including phenoxy) is 1. The summed E-state index contributed by atoms with van der Waals surface area (Å²) in [4.78, 5) is 11.6. The maximum absolute atomic E-state index is 12.9. The van der Waals surface area contributed by atoms with Gasteiger partial charge in [-0.15, -0.1) is 0 Å². The molecule has 2 N–H and O–H groups in total. The van der Waals surface area contributed by atoms with Crippen molar-refractivity contribution >= 4 is 16.0 Å². The fourth-order valence-corrected chi connectivity index (χ4v) is 4.67. The molecule has 1 aliphatic rings. The van der Waals surface area contributed by atoms with Gasteiger partial charge in [-0.1, -0.05) is 13.3 Å². The molecule has 0 aromatic carbocycles. The third-order valence-electron chi connectivity index (χ3n) is 3.91. The number of rotatable bonds is 5. The Kier molecular flexibility index (Phi) is 5.25. The number of hydrogen-bond donors (Lipinski definition) is 1. The summed E-state index contributed by atoms with van der Waals surface area (Å²) in [6.07, 6.45) is 2.89. The number of nitrogens with zero attached hydrogens (tertiary/aromatic N) is 1. The third kappa shape index (κ3) is 3.04.